The molecule has 2 aliphatic rings. The van der Waals surface area contributed by atoms with E-state index in [-0.39, 0.29) is 29.4 Å². The molecule has 1 aliphatic carbocycles. The van der Waals surface area contributed by atoms with Gasteiger partial charge in [0.25, 0.3) is 0 Å². The number of nitriles is 1. The third-order valence-corrected chi connectivity index (χ3v) is 6.12. The number of nitrogens with zero attached hydrogens (tertiary/aromatic N) is 1. The van der Waals surface area contributed by atoms with Gasteiger partial charge < -0.3 is 10.6 Å². The lowest BCUT2D eigenvalue weighted by molar-refractivity contribution is -0.125. The van der Waals surface area contributed by atoms with Crippen molar-refractivity contribution >= 4 is 27.3 Å². The van der Waals surface area contributed by atoms with Crippen molar-refractivity contribution in [1.82, 2.24) is 5.32 Å². The van der Waals surface area contributed by atoms with Crippen LogP contribution in [0.2, 0.25) is 0 Å². The highest BCUT2D eigenvalue weighted by molar-refractivity contribution is 7.91. The highest BCUT2D eigenvalue weighted by Gasteiger charge is 2.48. The van der Waals surface area contributed by atoms with Crippen LogP contribution in [0.15, 0.2) is 24.3 Å². The second-order valence-corrected chi connectivity index (χ2v) is 8.43. The van der Waals surface area contributed by atoms with Gasteiger partial charge in [0.15, 0.2) is 9.84 Å². The Hall–Kier alpha value is -2.40. The summed E-state index contributed by atoms with van der Waals surface area (Å²) in [6, 6.07) is 8.31. The summed E-state index contributed by atoms with van der Waals surface area (Å²) in [5, 5.41) is 14.4. The third kappa shape index (κ3) is 3.57. The molecule has 1 aromatic carbocycles. The number of carbonyl (C=O) groups is 2. The van der Waals surface area contributed by atoms with Crippen molar-refractivity contribution in [2.24, 2.45) is 11.8 Å². The topological polar surface area (TPSA) is 116 Å². The summed E-state index contributed by atoms with van der Waals surface area (Å²) < 4.78 is 22.8. The molecule has 1 aromatic rings. The van der Waals surface area contributed by atoms with Crippen LogP contribution < -0.4 is 10.6 Å². The summed E-state index contributed by atoms with van der Waals surface area (Å²) >= 11 is 0. The largest absolute Gasteiger partial charge is 0.352 e. The van der Waals surface area contributed by atoms with Gasteiger partial charge >= 0.3 is 0 Å². The minimum absolute atomic E-state index is 0.0299. The van der Waals surface area contributed by atoms with Crippen LogP contribution in [0.1, 0.15) is 18.4 Å². The quantitative estimate of drug-likeness (QED) is 0.819. The molecule has 1 aliphatic heterocycles. The summed E-state index contributed by atoms with van der Waals surface area (Å²) in [6.45, 7) is 0. The van der Waals surface area contributed by atoms with Crippen LogP contribution in [0.3, 0.4) is 0 Å². The molecule has 1 saturated carbocycles. The van der Waals surface area contributed by atoms with Gasteiger partial charge in [-0.3, -0.25) is 9.59 Å². The number of rotatable bonds is 4. The summed E-state index contributed by atoms with van der Waals surface area (Å²) in [6.07, 6.45) is 0.860. The lowest BCUT2D eigenvalue weighted by atomic mass is 10.2. The number of nitrogens with one attached hydrogen (secondary N) is 2. The Morgan fingerprint density at radius 2 is 1.88 bits per heavy atom. The van der Waals surface area contributed by atoms with Gasteiger partial charge in [0, 0.05) is 6.04 Å². The maximum absolute atomic E-state index is 12.2. The van der Waals surface area contributed by atoms with E-state index in [2.05, 4.69) is 10.6 Å². The highest BCUT2D eigenvalue weighted by Crippen LogP contribution is 2.40. The number of sulfone groups is 1. The van der Waals surface area contributed by atoms with Gasteiger partial charge in [-0.05, 0) is 25.0 Å². The SMILES string of the molecule is N#Cc1ccccc1NC(=O)C1CC1C(=O)NC1CCS(=O)(=O)C1. The van der Waals surface area contributed by atoms with E-state index < -0.39 is 21.7 Å². The maximum Gasteiger partial charge on any atom is 0.228 e. The zero-order chi connectivity index (χ0) is 17.3. The molecule has 3 rings (SSSR count). The monoisotopic (exact) mass is 347 g/mol. The van der Waals surface area contributed by atoms with Crippen molar-refractivity contribution in [1.29, 1.82) is 5.26 Å². The van der Waals surface area contributed by atoms with Crippen LogP contribution in [0.25, 0.3) is 0 Å². The summed E-state index contributed by atoms with van der Waals surface area (Å²) in [4.78, 5) is 24.3. The van der Waals surface area contributed by atoms with E-state index in [9.17, 15) is 18.0 Å². The predicted molar refractivity (Wildman–Crippen MR) is 86.6 cm³/mol. The van der Waals surface area contributed by atoms with Gasteiger partial charge in [-0.1, -0.05) is 12.1 Å². The molecule has 7 nitrogen and oxygen atoms in total. The van der Waals surface area contributed by atoms with E-state index in [4.69, 9.17) is 5.26 Å². The van der Waals surface area contributed by atoms with Crippen molar-refractivity contribution in [3.05, 3.63) is 29.8 Å². The Morgan fingerprint density at radius 1 is 1.17 bits per heavy atom. The van der Waals surface area contributed by atoms with Gasteiger partial charge in [0.05, 0.1) is 34.6 Å². The van der Waals surface area contributed by atoms with Crippen molar-refractivity contribution < 1.29 is 18.0 Å². The number of amides is 2. The molecular formula is C16H17N3O4S. The van der Waals surface area contributed by atoms with E-state index in [1.54, 1.807) is 24.3 Å². The van der Waals surface area contributed by atoms with Crippen molar-refractivity contribution in [2.75, 3.05) is 16.8 Å². The predicted octanol–water partition coefficient (Wildman–Crippen LogP) is 0.436. The maximum atomic E-state index is 12.2. The normalized spacial score (nSPS) is 27.0. The zero-order valence-corrected chi connectivity index (χ0v) is 13.7. The number of anilines is 1. The van der Waals surface area contributed by atoms with Crippen LogP contribution in [0.5, 0.6) is 0 Å². The first kappa shape index (κ1) is 16.5. The first-order valence-corrected chi connectivity index (χ1v) is 9.52. The fourth-order valence-corrected chi connectivity index (χ4v) is 4.58. The molecule has 2 fully saturated rings. The summed E-state index contributed by atoms with van der Waals surface area (Å²) in [5.74, 6) is -1.37. The molecule has 0 radical (unpaired) electrons. The second-order valence-electron chi connectivity index (χ2n) is 6.20. The molecule has 1 heterocycles. The fourth-order valence-electron chi connectivity index (χ4n) is 2.91. The van der Waals surface area contributed by atoms with Crippen molar-refractivity contribution in [3.63, 3.8) is 0 Å². The standard InChI is InChI=1S/C16H17N3O4S/c17-8-10-3-1-2-4-14(10)19-16(21)13-7-12(13)15(20)18-11-5-6-24(22,23)9-11/h1-4,11-13H,5-7,9H2,(H,18,20)(H,19,21). The van der Waals surface area contributed by atoms with Gasteiger partial charge in [-0.15, -0.1) is 0 Å². The fraction of sp³-hybridized carbons (Fsp3) is 0.438. The summed E-state index contributed by atoms with van der Waals surface area (Å²) in [7, 11) is -3.05. The van der Waals surface area contributed by atoms with Crippen LogP contribution >= 0.6 is 0 Å². The minimum atomic E-state index is -3.05. The lowest BCUT2D eigenvalue weighted by Crippen LogP contribution is -2.37. The van der Waals surface area contributed by atoms with Crippen molar-refractivity contribution in [3.8, 4) is 6.07 Å². The van der Waals surface area contributed by atoms with Gasteiger partial charge in [0.2, 0.25) is 11.8 Å². The Kier molecular flexibility index (Phi) is 4.28. The molecule has 8 heteroatoms. The number of para-hydroxylation sites is 1. The average Bonchev–Trinajstić information content (AvgIpc) is 3.27. The molecular weight excluding hydrogens is 330 g/mol. The van der Waals surface area contributed by atoms with E-state index in [0.29, 0.717) is 24.1 Å². The number of carbonyl (C=O) groups excluding carboxylic acids is 2. The van der Waals surface area contributed by atoms with E-state index in [0.717, 1.165) is 0 Å². The van der Waals surface area contributed by atoms with Crippen LogP contribution in [-0.2, 0) is 19.4 Å². The third-order valence-electron chi connectivity index (χ3n) is 4.35. The molecule has 2 amide bonds. The average molecular weight is 347 g/mol. The highest BCUT2D eigenvalue weighted by atomic mass is 32.2. The molecule has 0 spiro atoms. The Bertz CT molecular complexity index is 828. The number of hydrogen-bond acceptors (Lipinski definition) is 5. The summed E-state index contributed by atoms with van der Waals surface area (Å²) in [5.41, 5.74) is 0.793. The van der Waals surface area contributed by atoms with Gasteiger partial charge in [-0.25, -0.2) is 8.42 Å². The van der Waals surface area contributed by atoms with E-state index in [1.165, 1.54) is 0 Å². The van der Waals surface area contributed by atoms with Gasteiger partial charge in [-0.2, -0.15) is 5.26 Å². The Balaban J connectivity index is 1.54. The molecule has 3 atom stereocenters. The zero-order valence-electron chi connectivity index (χ0n) is 12.9. The van der Waals surface area contributed by atoms with Crippen LogP contribution in [0.4, 0.5) is 5.69 Å². The van der Waals surface area contributed by atoms with E-state index in [1.807, 2.05) is 6.07 Å². The number of hydrogen-bond donors (Lipinski definition) is 2. The van der Waals surface area contributed by atoms with Crippen LogP contribution in [-0.4, -0.2) is 37.8 Å². The molecule has 126 valence electrons. The molecule has 24 heavy (non-hydrogen) atoms. The lowest BCUT2D eigenvalue weighted by Gasteiger charge is -2.11. The van der Waals surface area contributed by atoms with Gasteiger partial charge in [0.1, 0.15) is 6.07 Å². The van der Waals surface area contributed by atoms with Crippen LogP contribution in [0, 0.1) is 23.2 Å². The first-order valence-electron chi connectivity index (χ1n) is 7.70. The van der Waals surface area contributed by atoms with E-state index >= 15 is 0 Å². The number of benzene rings is 1. The molecule has 1 saturated heterocycles. The molecule has 2 N–H and O–H groups in total. The molecule has 3 unspecified atom stereocenters. The Morgan fingerprint density at radius 3 is 2.54 bits per heavy atom. The first-order chi connectivity index (χ1) is 11.4. The minimum Gasteiger partial charge on any atom is -0.352 e. The molecule has 0 bridgehead atoms. The Labute approximate surface area is 140 Å². The smallest absolute Gasteiger partial charge is 0.228 e. The van der Waals surface area contributed by atoms with Crippen molar-refractivity contribution in [2.45, 2.75) is 18.9 Å². The second kappa shape index (κ2) is 6.24. The molecule has 0 aromatic heterocycles.